The highest BCUT2D eigenvalue weighted by Crippen LogP contribution is 2.57. The zero-order chi connectivity index (χ0) is 60.1. The number of thiophene rings is 1. The van der Waals surface area contributed by atoms with E-state index in [1.807, 2.05) is 35.6 Å². The van der Waals surface area contributed by atoms with Crippen LogP contribution in [0.1, 0.15) is 11.1 Å². The van der Waals surface area contributed by atoms with Crippen molar-refractivity contribution in [1.82, 2.24) is 9.55 Å². The molecule has 16 aromatic rings. The van der Waals surface area contributed by atoms with Crippen molar-refractivity contribution in [3.05, 3.63) is 327 Å². The van der Waals surface area contributed by atoms with Gasteiger partial charge in [-0.2, -0.15) is 10.5 Å². The van der Waals surface area contributed by atoms with Crippen LogP contribution in [0.5, 0.6) is 0 Å². The van der Waals surface area contributed by atoms with Gasteiger partial charge >= 0.3 is 0 Å². The predicted octanol–water partition coefficient (Wildman–Crippen LogP) is 23.0. The van der Waals surface area contributed by atoms with E-state index in [4.69, 9.17) is 4.98 Å². The fourth-order valence-corrected chi connectivity index (χ4v) is 14.9. The van der Waals surface area contributed by atoms with E-state index in [-0.39, 0.29) is 0 Å². The van der Waals surface area contributed by atoms with Crippen LogP contribution in [-0.4, -0.2) is 9.55 Å². The summed E-state index contributed by atoms with van der Waals surface area (Å²) in [5.41, 5.74) is 20.8. The molecule has 3 heterocycles. The summed E-state index contributed by atoms with van der Waals surface area (Å²) in [6.45, 7) is 0. The number of fused-ring (bicyclic) bond motifs is 6. The Morgan fingerprint density at radius 1 is 0.256 bits per heavy atom. The van der Waals surface area contributed by atoms with E-state index in [1.165, 1.54) is 20.2 Å². The monoisotopic (exact) mass is 1160 g/mol. The molecular weight excluding hydrogens is 1110 g/mol. The summed E-state index contributed by atoms with van der Waals surface area (Å²) in [7, 11) is 0. The summed E-state index contributed by atoms with van der Waals surface area (Å²) in [5, 5.41) is 28.8. The predicted molar refractivity (Wildman–Crippen MR) is 375 cm³/mol. The Labute approximate surface area is 526 Å². The van der Waals surface area contributed by atoms with Crippen molar-refractivity contribution in [2.24, 2.45) is 0 Å². The van der Waals surface area contributed by atoms with Gasteiger partial charge in [-0.25, -0.2) is 4.98 Å². The van der Waals surface area contributed by atoms with Gasteiger partial charge in [0.15, 0.2) is 0 Å². The molecule has 0 N–H and O–H groups in total. The van der Waals surface area contributed by atoms with Crippen LogP contribution < -0.4 is 0 Å². The molecular formula is C85H52N4S. The summed E-state index contributed by atoms with van der Waals surface area (Å²) in [5.74, 6) is 0.698. The van der Waals surface area contributed by atoms with Gasteiger partial charge in [-0.3, -0.25) is 4.57 Å². The summed E-state index contributed by atoms with van der Waals surface area (Å²) in [4.78, 5) is 6.22. The minimum atomic E-state index is 0.560. The third-order valence-corrected chi connectivity index (χ3v) is 18.6. The van der Waals surface area contributed by atoms with E-state index in [0.717, 1.165) is 128 Å². The molecule has 4 nitrogen and oxygen atoms in total. The molecule has 0 bridgehead atoms. The second-order valence-corrected chi connectivity index (χ2v) is 23.7. The van der Waals surface area contributed by atoms with Crippen molar-refractivity contribution in [1.29, 1.82) is 10.5 Å². The molecule has 418 valence electrons. The third kappa shape index (κ3) is 9.00. The Balaban J connectivity index is 1.18. The molecule has 0 unspecified atom stereocenters. The van der Waals surface area contributed by atoms with Crippen molar-refractivity contribution >= 4 is 53.3 Å². The number of benzene rings is 13. The first kappa shape index (κ1) is 53.5. The number of nitrogens with zero attached hydrogens (tertiary/aromatic N) is 4. The largest absolute Gasteiger partial charge is 0.294 e. The average molecular weight is 1160 g/mol. The first-order valence-corrected chi connectivity index (χ1v) is 31.0. The third-order valence-electron chi connectivity index (χ3n) is 17.5. The molecule has 0 saturated carbocycles. The molecule has 16 rings (SSSR count). The van der Waals surface area contributed by atoms with Gasteiger partial charge in [-0.05, 0) is 103 Å². The van der Waals surface area contributed by atoms with Crippen LogP contribution in [0, 0.1) is 22.7 Å². The molecule has 0 aliphatic carbocycles. The lowest BCUT2D eigenvalue weighted by Gasteiger charge is -2.28. The molecule has 3 aromatic heterocycles. The smallest absolute Gasteiger partial charge is 0.138 e. The fraction of sp³-hybridized carbons (Fsp3) is 0. The second-order valence-electron chi connectivity index (χ2n) is 22.6. The molecule has 13 aromatic carbocycles. The highest BCUT2D eigenvalue weighted by atomic mass is 32.1. The minimum absolute atomic E-state index is 0.560. The first-order valence-electron chi connectivity index (χ1n) is 30.2. The lowest BCUT2D eigenvalue weighted by atomic mass is 9.75. The zero-order valence-electron chi connectivity index (χ0n) is 48.7. The van der Waals surface area contributed by atoms with E-state index in [2.05, 4.69) is 308 Å². The molecule has 0 radical (unpaired) electrons. The van der Waals surface area contributed by atoms with E-state index >= 15 is 0 Å². The Kier molecular flexibility index (Phi) is 13.5. The molecule has 0 amide bonds. The number of aromatic nitrogens is 2. The van der Waals surface area contributed by atoms with Gasteiger partial charge < -0.3 is 0 Å². The summed E-state index contributed by atoms with van der Waals surface area (Å²) < 4.78 is 4.78. The quantitative estimate of drug-likeness (QED) is 0.130. The van der Waals surface area contributed by atoms with Gasteiger partial charge in [0.05, 0.1) is 27.9 Å². The number of hydrogen-bond donors (Lipinski definition) is 0. The van der Waals surface area contributed by atoms with Crippen molar-refractivity contribution in [3.63, 3.8) is 0 Å². The van der Waals surface area contributed by atoms with Gasteiger partial charge in [0.2, 0.25) is 0 Å². The highest BCUT2D eigenvalue weighted by molar-refractivity contribution is 7.25. The van der Waals surface area contributed by atoms with Gasteiger partial charge in [-0.1, -0.05) is 279 Å². The van der Waals surface area contributed by atoms with Crippen LogP contribution in [0.25, 0.3) is 159 Å². The number of hydrogen-bond acceptors (Lipinski definition) is 4. The first-order chi connectivity index (χ1) is 44.6. The topological polar surface area (TPSA) is 65.4 Å². The van der Waals surface area contributed by atoms with Crippen molar-refractivity contribution in [2.45, 2.75) is 0 Å². The molecule has 0 aliphatic rings. The van der Waals surface area contributed by atoms with Crippen LogP contribution in [0.3, 0.4) is 0 Å². The number of nitriles is 2. The van der Waals surface area contributed by atoms with Crippen LogP contribution >= 0.6 is 11.3 Å². The standard InChI is InChI=1S/C85H52N4S/c86-53-68-76(55-29-9-1-10-30-55)80(59-37-17-5-18-38-59)84(81(60-39-19-6-20-40-60)77(68)56-31-11-2-12-32-56)63-49-70(88-75(50-63)89-71-47-27-25-45-64(71)66-51-67-65-46-26-28-48-73(65)90-74(67)52-72(66)89)85-82(61-41-21-7-22-42-61)78(57-33-13-3-14-34-57)69(54-87)79(58-35-15-4-16-36-58)83(85)62-43-23-8-24-44-62/h1-52H. The maximum absolute atomic E-state index is 12.1. The molecule has 0 saturated heterocycles. The second kappa shape index (κ2) is 22.7. The number of pyridine rings is 1. The molecule has 0 atom stereocenters. The van der Waals surface area contributed by atoms with Gasteiger partial charge in [-0.15, -0.1) is 11.3 Å². The Morgan fingerprint density at radius 3 is 0.989 bits per heavy atom. The SMILES string of the molecule is N#Cc1c(-c2ccccc2)c(-c2ccccc2)c(-c2cc(-c3c(-c4ccccc4)c(-c4ccccc4)c(C#N)c(-c4ccccc4)c3-c3ccccc3)nc(-n3c4ccccc4c4cc5c(cc43)sc3ccccc35)c2)c(-c2ccccc2)c1-c1ccccc1. The maximum Gasteiger partial charge on any atom is 0.138 e. The van der Waals surface area contributed by atoms with Crippen molar-refractivity contribution in [3.8, 4) is 129 Å². The molecule has 0 aliphatic heterocycles. The van der Waals surface area contributed by atoms with Gasteiger partial charge in [0, 0.05) is 69.9 Å². The van der Waals surface area contributed by atoms with Gasteiger partial charge in [0.25, 0.3) is 0 Å². The van der Waals surface area contributed by atoms with Crippen LogP contribution in [0.15, 0.2) is 315 Å². The molecule has 0 fully saturated rings. The van der Waals surface area contributed by atoms with E-state index in [0.29, 0.717) is 22.6 Å². The van der Waals surface area contributed by atoms with E-state index < -0.39 is 0 Å². The van der Waals surface area contributed by atoms with E-state index in [1.54, 1.807) is 0 Å². The average Bonchev–Trinajstić information content (AvgIpc) is 0.988. The summed E-state index contributed by atoms with van der Waals surface area (Å²) >= 11 is 1.81. The normalized spacial score (nSPS) is 11.3. The van der Waals surface area contributed by atoms with E-state index in [9.17, 15) is 10.5 Å². The van der Waals surface area contributed by atoms with Crippen molar-refractivity contribution < 1.29 is 0 Å². The van der Waals surface area contributed by atoms with Crippen LogP contribution in [0.2, 0.25) is 0 Å². The van der Waals surface area contributed by atoms with Crippen LogP contribution in [0.4, 0.5) is 0 Å². The summed E-state index contributed by atoms with van der Waals surface area (Å²) in [6.07, 6.45) is 0. The van der Waals surface area contributed by atoms with Crippen molar-refractivity contribution in [2.75, 3.05) is 0 Å². The summed E-state index contributed by atoms with van der Waals surface area (Å²) in [6, 6.07) is 116. The lowest BCUT2D eigenvalue weighted by Crippen LogP contribution is -2.06. The highest BCUT2D eigenvalue weighted by Gasteiger charge is 2.33. The Hall–Kier alpha value is -12.0. The fourth-order valence-electron chi connectivity index (χ4n) is 13.8. The number of rotatable bonds is 11. The minimum Gasteiger partial charge on any atom is -0.294 e. The molecule has 5 heteroatoms. The lowest BCUT2D eigenvalue weighted by molar-refractivity contribution is 1.09. The zero-order valence-corrected chi connectivity index (χ0v) is 49.5. The van der Waals surface area contributed by atoms with Gasteiger partial charge in [0.1, 0.15) is 18.0 Å². The Bertz CT molecular complexity index is 5040. The van der Waals surface area contributed by atoms with Crippen LogP contribution in [-0.2, 0) is 0 Å². The Morgan fingerprint density at radius 2 is 0.589 bits per heavy atom. The maximum atomic E-state index is 12.1. The number of para-hydroxylation sites is 1. The molecule has 0 spiro atoms. The molecule has 90 heavy (non-hydrogen) atoms.